The summed E-state index contributed by atoms with van der Waals surface area (Å²) in [6.45, 7) is 4.99. The number of carboxylic acids is 1. The topological polar surface area (TPSA) is 98.2 Å². The molecule has 7 nitrogen and oxygen atoms in total. The van der Waals surface area contributed by atoms with Gasteiger partial charge in [0, 0.05) is 31.0 Å². The Hall–Kier alpha value is -1.54. The molecule has 1 spiro atoms. The molecule has 2 N–H and O–H groups in total. The molecule has 4 fully saturated rings. The Balaban J connectivity index is 1.63. The minimum Gasteiger partial charge on any atom is -0.481 e. The van der Waals surface area contributed by atoms with Gasteiger partial charge in [-0.2, -0.15) is 0 Å². The van der Waals surface area contributed by atoms with Gasteiger partial charge in [-0.15, -0.1) is 18.3 Å². The van der Waals surface area contributed by atoms with Crippen molar-refractivity contribution >= 4 is 29.5 Å². The van der Waals surface area contributed by atoms with Gasteiger partial charge in [-0.1, -0.05) is 38.2 Å². The van der Waals surface area contributed by atoms with Crippen LogP contribution < -0.4 is 0 Å². The minimum absolute atomic E-state index is 0.00723. The summed E-state index contributed by atoms with van der Waals surface area (Å²) < 4.78 is -0.624. The van der Waals surface area contributed by atoms with Gasteiger partial charge in [-0.05, 0) is 38.5 Å². The van der Waals surface area contributed by atoms with Gasteiger partial charge in [-0.25, -0.2) is 0 Å². The third kappa shape index (κ3) is 4.33. The van der Waals surface area contributed by atoms with Gasteiger partial charge in [0.15, 0.2) is 0 Å². The van der Waals surface area contributed by atoms with E-state index in [1.165, 1.54) is 6.42 Å². The molecule has 8 heteroatoms. The predicted molar refractivity (Wildman–Crippen MR) is 128 cm³/mol. The van der Waals surface area contributed by atoms with E-state index in [1.54, 1.807) is 22.7 Å². The van der Waals surface area contributed by atoms with Crippen molar-refractivity contribution < 1.29 is 24.6 Å². The van der Waals surface area contributed by atoms with Crippen molar-refractivity contribution in [2.75, 3.05) is 19.7 Å². The molecule has 2 unspecified atom stereocenters. The number of aliphatic hydroxyl groups is 1. The first-order valence-electron chi connectivity index (χ1n) is 12.7. The van der Waals surface area contributed by atoms with E-state index in [4.69, 9.17) is 5.11 Å². The van der Waals surface area contributed by atoms with Crippen LogP contribution in [-0.4, -0.2) is 79.6 Å². The van der Waals surface area contributed by atoms with E-state index in [0.29, 0.717) is 13.1 Å². The van der Waals surface area contributed by atoms with E-state index in [1.807, 2.05) is 4.90 Å². The van der Waals surface area contributed by atoms with E-state index in [2.05, 4.69) is 6.58 Å². The maximum Gasteiger partial charge on any atom is 0.308 e. The highest BCUT2D eigenvalue weighted by molar-refractivity contribution is 8.02. The number of carbonyl (C=O) groups is 3. The van der Waals surface area contributed by atoms with Crippen LogP contribution in [-0.2, 0) is 14.4 Å². The SMILES string of the molecule is C=CCN(C(=O)C1N(CCCCCCO)C(=O)[C@@H]2[C@@H](C(=O)O)[C@H]3CCC12S3)C1CCCCC1. The smallest absolute Gasteiger partial charge is 0.308 e. The van der Waals surface area contributed by atoms with Crippen LogP contribution in [0.5, 0.6) is 0 Å². The summed E-state index contributed by atoms with van der Waals surface area (Å²) in [7, 11) is 0. The van der Waals surface area contributed by atoms with Crippen LogP contribution in [0.15, 0.2) is 12.7 Å². The molecule has 33 heavy (non-hydrogen) atoms. The molecule has 3 aliphatic heterocycles. The van der Waals surface area contributed by atoms with Gasteiger partial charge < -0.3 is 20.0 Å². The molecule has 1 aliphatic carbocycles. The van der Waals surface area contributed by atoms with Crippen molar-refractivity contribution in [1.29, 1.82) is 0 Å². The Morgan fingerprint density at radius 2 is 1.88 bits per heavy atom. The van der Waals surface area contributed by atoms with Gasteiger partial charge in [-0.3, -0.25) is 14.4 Å². The number of rotatable bonds is 11. The normalized spacial score (nSPS) is 33.4. The molecule has 1 saturated carbocycles. The fourth-order valence-corrected chi connectivity index (χ4v) is 9.02. The molecule has 184 valence electrons. The zero-order valence-electron chi connectivity index (χ0n) is 19.5. The average molecular weight is 479 g/mol. The third-order valence-corrected chi connectivity index (χ3v) is 10.2. The van der Waals surface area contributed by atoms with Crippen LogP contribution in [0.2, 0.25) is 0 Å². The van der Waals surface area contributed by atoms with Crippen molar-refractivity contribution in [3.05, 3.63) is 12.7 Å². The fraction of sp³-hybridized carbons (Fsp3) is 0.800. The molecular weight excluding hydrogens is 440 g/mol. The first-order chi connectivity index (χ1) is 16.0. The number of hydrogen-bond donors (Lipinski definition) is 2. The zero-order valence-corrected chi connectivity index (χ0v) is 20.3. The average Bonchev–Trinajstić information content (AvgIpc) is 3.45. The van der Waals surface area contributed by atoms with Crippen molar-refractivity contribution in [3.8, 4) is 0 Å². The number of carboxylic acid groups (broad SMARTS) is 1. The highest BCUT2D eigenvalue weighted by Crippen LogP contribution is 2.66. The Labute approximate surface area is 201 Å². The van der Waals surface area contributed by atoms with Gasteiger partial charge in [0.1, 0.15) is 6.04 Å². The lowest BCUT2D eigenvalue weighted by Gasteiger charge is -2.41. The second-order valence-corrected chi connectivity index (χ2v) is 11.7. The van der Waals surface area contributed by atoms with Crippen LogP contribution in [0.4, 0.5) is 0 Å². The second kappa shape index (κ2) is 10.4. The lowest BCUT2D eigenvalue weighted by Crippen LogP contribution is -2.57. The molecule has 0 aromatic carbocycles. The number of nitrogens with zero attached hydrogens (tertiary/aromatic N) is 2. The monoisotopic (exact) mass is 478 g/mol. The van der Waals surface area contributed by atoms with Crippen LogP contribution in [0.3, 0.4) is 0 Å². The summed E-state index contributed by atoms with van der Waals surface area (Å²) in [6.07, 6.45) is 11.9. The minimum atomic E-state index is -0.904. The number of fused-ring (bicyclic) bond motifs is 1. The van der Waals surface area contributed by atoms with Gasteiger partial charge in [0.2, 0.25) is 11.8 Å². The summed E-state index contributed by atoms with van der Waals surface area (Å²) in [6, 6.07) is -0.422. The summed E-state index contributed by atoms with van der Waals surface area (Å²) in [5.41, 5.74) is 0. The summed E-state index contributed by atoms with van der Waals surface area (Å²) >= 11 is 1.61. The van der Waals surface area contributed by atoms with E-state index in [-0.39, 0.29) is 29.7 Å². The second-order valence-electron chi connectivity index (χ2n) is 10.1. The maximum absolute atomic E-state index is 14.2. The molecule has 2 amide bonds. The Morgan fingerprint density at radius 3 is 2.55 bits per heavy atom. The molecule has 4 rings (SSSR count). The molecular formula is C25H38N2O5S. The molecule has 5 atom stereocenters. The van der Waals surface area contributed by atoms with Crippen LogP contribution in [0, 0.1) is 11.8 Å². The van der Waals surface area contributed by atoms with Crippen molar-refractivity contribution in [1.82, 2.24) is 9.80 Å². The molecule has 3 saturated heterocycles. The number of aliphatic carboxylic acids is 1. The first kappa shape index (κ1) is 24.6. The van der Waals surface area contributed by atoms with Crippen LogP contribution in [0.25, 0.3) is 0 Å². The van der Waals surface area contributed by atoms with Crippen molar-refractivity contribution in [2.24, 2.45) is 11.8 Å². The largest absolute Gasteiger partial charge is 0.481 e. The number of carbonyl (C=O) groups excluding carboxylic acids is 2. The number of unbranched alkanes of at least 4 members (excludes halogenated alkanes) is 3. The van der Waals surface area contributed by atoms with E-state index >= 15 is 0 Å². The van der Waals surface area contributed by atoms with Crippen molar-refractivity contribution in [3.63, 3.8) is 0 Å². The van der Waals surface area contributed by atoms with Gasteiger partial charge in [0.05, 0.1) is 16.6 Å². The van der Waals surface area contributed by atoms with Crippen molar-refractivity contribution in [2.45, 2.75) is 92.7 Å². The number of hydrogen-bond acceptors (Lipinski definition) is 5. The number of aliphatic hydroxyl groups excluding tert-OH is 1. The lowest BCUT2D eigenvalue weighted by atomic mass is 9.71. The highest BCUT2D eigenvalue weighted by atomic mass is 32.2. The fourth-order valence-electron chi connectivity index (χ4n) is 6.81. The van der Waals surface area contributed by atoms with Gasteiger partial charge in [0.25, 0.3) is 0 Å². The highest BCUT2D eigenvalue weighted by Gasteiger charge is 2.74. The third-order valence-electron chi connectivity index (χ3n) is 8.25. The van der Waals surface area contributed by atoms with Crippen LogP contribution in [0.1, 0.15) is 70.6 Å². The molecule has 2 bridgehead atoms. The molecule has 0 aromatic heterocycles. The number of thioether (sulfide) groups is 1. The van der Waals surface area contributed by atoms with E-state index in [0.717, 1.165) is 64.2 Å². The molecule has 0 aromatic rings. The van der Waals surface area contributed by atoms with Crippen LogP contribution >= 0.6 is 11.8 Å². The molecule has 0 radical (unpaired) electrons. The standard InChI is InChI=1S/C25H38N2O5S/c1-2-14-26(17-10-6-5-7-11-17)23(30)21-25-13-12-18(33-25)19(24(31)32)20(25)22(29)27(21)15-8-3-4-9-16-28/h2,17-21,28H,1,3-16H2,(H,31,32)/t18-,19+,20+,21?,25?/m1/s1. The van der Waals surface area contributed by atoms with E-state index in [9.17, 15) is 19.5 Å². The quantitative estimate of drug-likeness (QED) is 0.350. The first-order valence-corrected chi connectivity index (χ1v) is 13.6. The Kier molecular flexibility index (Phi) is 7.73. The lowest BCUT2D eigenvalue weighted by molar-refractivity contribution is -0.148. The number of amides is 2. The van der Waals surface area contributed by atoms with E-state index < -0.39 is 28.6 Å². The molecule has 3 heterocycles. The summed E-state index contributed by atoms with van der Waals surface area (Å²) in [4.78, 5) is 43.8. The van der Waals surface area contributed by atoms with Gasteiger partial charge >= 0.3 is 5.97 Å². The number of likely N-dealkylation sites (tertiary alicyclic amines) is 1. The summed E-state index contributed by atoms with van der Waals surface area (Å²) in [5.74, 6) is -2.36. The maximum atomic E-state index is 14.2. The Morgan fingerprint density at radius 1 is 1.15 bits per heavy atom. The predicted octanol–water partition coefficient (Wildman–Crippen LogP) is 3.06. The summed E-state index contributed by atoms with van der Waals surface area (Å²) in [5, 5.41) is 18.9. The zero-order chi connectivity index (χ0) is 23.6. The molecule has 4 aliphatic rings. The Bertz CT molecular complexity index is 770.